The van der Waals surface area contributed by atoms with Crippen LogP contribution in [-0.2, 0) is 4.74 Å². The SMILES string of the molecule is COC(c1ccccc1)n1cccn1. The van der Waals surface area contributed by atoms with Gasteiger partial charge in [0.1, 0.15) is 0 Å². The van der Waals surface area contributed by atoms with Crippen molar-refractivity contribution in [3.63, 3.8) is 0 Å². The van der Waals surface area contributed by atoms with E-state index in [4.69, 9.17) is 4.74 Å². The minimum atomic E-state index is -0.133. The lowest BCUT2D eigenvalue weighted by Crippen LogP contribution is -2.12. The third kappa shape index (κ3) is 1.67. The first-order valence-electron chi connectivity index (χ1n) is 4.48. The van der Waals surface area contributed by atoms with E-state index in [1.807, 2.05) is 42.6 Å². The number of ether oxygens (including phenoxy) is 1. The standard InChI is InChI=1S/C11H12N2O/c1-14-11(13-9-5-8-12-13)10-6-3-2-4-7-10/h2-9,11H,1H3. The quantitative estimate of drug-likeness (QED) is 0.737. The Morgan fingerprint density at radius 3 is 2.57 bits per heavy atom. The Hall–Kier alpha value is -1.61. The normalized spacial score (nSPS) is 12.6. The summed E-state index contributed by atoms with van der Waals surface area (Å²) in [6.45, 7) is 0. The average Bonchev–Trinajstić information content (AvgIpc) is 2.74. The zero-order valence-electron chi connectivity index (χ0n) is 8.00. The summed E-state index contributed by atoms with van der Waals surface area (Å²) in [4.78, 5) is 0. The number of nitrogens with zero attached hydrogens (tertiary/aromatic N) is 2. The molecule has 1 heterocycles. The van der Waals surface area contributed by atoms with Gasteiger partial charge < -0.3 is 4.74 Å². The first kappa shape index (κ1) is 8.97. The van der Waals surface area contributed by atoms with Crippen molar-refractivity contribution >= 4 is 0 Å². The van der Waals surface area contributed by atoms with Gasteiger partial charge in [-0.25, -0.2) is 4.68 Å². The van der Waals surface area contributed by atoms with E-state index in [9.17, 15) is 0 Å². The summed E-state index contributed by atoms with van der Waals surface area (Å²) in [5.74, 6) is 0. The van der Waals surface area contributed by atoms with Crippen LogP contribution < -0.4 is 0 Å². The molecule has 0 saturated carbocycles. The number of hydrogen-bond donors (Lipinski definition) is 0. The van der Waals surface area contributed by atoms with Crippen molar-refractivity contribution in [2.24, 2.45) is 0 Å². The molecule has 2 rings (SSSR count). The van der Waals surface area contributed by atoms with Crippen LogP contribution in [0.25, 0.3) is 0 Å². The third-order valence-corrected chi connectivity index (χ3v) is 2.07. The molecule has 0 radical (unpaired) electrons. The third-order valence-electron chi connectivity index (χ3n) is 2.07. The van der Waals surface area contributed by atoms with Gasteiger partial charge in [-0.05, 0) is 6.07 Å². The number of aromatic nitrogens is 2. The Bertz CT molecular complexity index is 369. The second-order valence-corrected chi connectivity index (χ2v) is 2.98. The highest BCUT2D eigenvalue weighted by Gasteiger charge is 2.10. The van der Waals surface area contributed by atoms with Crippen LogP contribution in [-0.4, -0.2) is 16.9 Å². The molecule has 3 heteroatoms. The molecule has 0 spiro atoms. The van der Waals surface area contributed by atoms with Crippen molar-refractivity contribution < 1.29 is 4.74 Å². The second kappa shape index (κ2) is 4.07. The second-order valence-electron chi connectivity index (χ2n) is 2.98. The van der Waals surface area contributed by atoms with E-state index in [-0.39, 0.29) is 6.23 Å². The van der Waals surface area contributed by atoms with Gasteiger partial charge in [0.05, 0.1) is 0 Å². The monoisotopic (exact) mass is 188 g/mol. The van der Waals surface area contributed by atoms with Crippen molar-refractivity contribution in [3.05, 3.63) is 54.4 Å². The zero-order chi connectivity index (χ0) is 9.80. The molecule has 0 amide bonds. The molecule has 1 aromatic heterocycles. The van der Waals surface area contributed by atoms with E-state index in [1.54, 1.807) is 18.0 Å². The molecule has 1 aromatic carbocycles. The number of benzene rings is 1. The summed E-state index contributed by atoms with van der Waals surface area (Å²) in [7, 11) is 1.68. The average molecular weight is 188 g/mol. The fourth-order valence-corrected chi connectivity index (χ4v) is 1.43. The molecule has 3 nitrogen and oxygen atoms in total. The van der Waals surface area contributed by atoms with Gasteiger partial charge in [0.2, 0.25) is 0 Å². The molecule has 0 aliphatic heterocycles. The Labute approximate surface area is 82.9 Å². The summed E-state index contributed by atoms with van der Waals surface area (Å²) in [6.07, 6.45) is 3.50. The molecule has 0 N–H and O–H groups in total. The molecular formula is C11H12N2O. The van der Waals surface area contributed by atoms with E-state index >= 15 is 0 Å². The van der Waals surface area contributed by atoms with Gasteiger partial charge in [-0.3, -0.25) is 0 Å². The van der Waals surface area contributed by atoms with E-state index in [2.05, 4.69) is 5.10 Å². The fourth-order valence-electron chi connectivity index (χ4n) is 1.43. The van der Waals surface area contributed by atoms with Crippen LogP contribution in [0.4, 0.5) is 0 Å². The maximum atomic E-state index is 5.38. The molecule has 0 bridgehead atoms. The lowest BCUT2D eigenvalue weighted by Gasteiger charge is -2.15. The maximum absolute atomic E-state index is 5.38. The number of hydrogen-bond acceptors (Lipinski definition) is 2. The molecule has 0 saturated heterocycles. The Kier molecular flexibility index (Phi) is 2.60. The first-order chi connectivity index (χ1) is 6.92. The van der Waals surface area contributed by atoms with Crippen molar-refractivity contribution in [3.8, 4) is 0 Å². The molecule has 1 unspecified atom stereocenters. The van der Waals surface area contributed by atoms with Crippen LogP contribution in [0.2, 0.25) is 0 Å². The predicted molar refractivity (Wildman–Crippen MR) is 53.8 cm³/mol. The topological polar surface area (TPSA) is 27.1 Å². The van der Waals surface area contributed by atoms with E-state index < -0.39 is 0 Å². The minimum Gasteiger partial charge on any atom is -0.355 e. The minimum absolute atomic E-state index is 0.133. The van der Waals surface area contributed by atoms with Crippen LogP contribution in [0.3, 0.4) is 0 Å². The lowest BCUT2D eigenvalue weighted by molar-refractivity contribution is 0.0681. The molecule has 0 fully saturated rings. The maximum Gasteiger partial charge on any atom is 0.175 e. The van der Waals surface area contributed by atoms with Crippen molar-refractivity contribution in [1.29, 1.82) is 0 Å². The van der Waals surface area contributed by atoms with E-state index in [0.717, 1.165) is 5.56 Å². The fraction of sp³-hybridized carbons (Fsp3) is 0.182. The molecule has 2 aromatic rings. The van der Waals surface area contributed by atoms with Crippen LogP contribution in [0.15, 0.2) is 48.8 Å². The summed E-state index contributed by atoms with van der Waals surface area (Å²) in [5, 5.41) is 4.16. The van der Waals surface area contributed by atoms with Crippen molar-refractivity contribution in [2.45, 2.75) is 6.23 Å². The summed E-state index contributed by atoms with van der Waals surface area (Å²) in [5.41, 5.74) is 1.10. The molecule has 1 atom stereocenters. The van der Waals surface area contributed by atoms with Crippen molar-refractivity contribution in [1.82, 2.24) is 9.78 Å². The van der Waals surface area contributed by atoms with Gasteiger partial charge in [-0.15, -0.1) is 0 Å². The Morgan fingerprint density at radius 1 is 1.21 bits per heavy atom. The van der Waals surface area contributed by atoms with Gasteiger partial charge in [-0.2, -0.15) is 5.10 Å². The van der Waals surface area contributed by atoms with Gasteiger partial charge in [0.25, 0.3) is 0 Å². The van der Waals surface area contributed by atoms with E-state index in [0.29, 0.717) is 0 Å². The Balaban J connectivity index is 2.31. The Morgan fingerprint density at radius 2 is 2.00 bits per heavy atom. The summed E-state index contributed by atoms with van der Waals surface area (Å²) >= 11 is 0. The summed E-state index contributed by atoms with van der Waals surface area (Å²) < 4.78 is 7.17. The van der Waals surface area contributed by atoms with Crippen LogP contribution >= 0.6 is 0 Å². The number of rotatable bonds is 3. The van der Waals surface area contributed by atoms with Crippen LogP contribution in [0, 0.1) is 0 Å². The highest BCUT2D eigenvalue weighted by atomic mass is 16.5. The van der Waals surface area contributed by atoms with Gasteiger partial charge in [0, 0.05) is 25.1 Å². The van der Waals surface area contributed by atoms with Crippen LogP contribution in [0.5, 0.6) is 0 Å². The molecule has 0 aliphatic rings. The number of methoxy groups -OCH3 is 1. The molecule has 72 valence electrons. The first-order valence-corrected chi connectivity index (χ1v) is 4.48. The summed E-state index contributed by atoms with van der Waals surface area (Å²) in [6, 6.07) is 11.9. The van der Waals surface area contributed by atoms with Gasteiger partial charge >= 0.3 is 0 Å². The van der Waals surface area contributed by atoms with E-state index in [1.165, 1.54) is 0 Å². The molecular weight excluding hydrogens is 176 g/mol. The van der Waals surface area contributed by atoms with Gasteiger partial charge in [-0.1, -0.05) is 30.3 Å². The molecule has 14 heavy (non-hydrogen) atoms. The lowest BCUT2D eigenvalue weighted by atomic mass is 10.2. The van der Waals surface area contributed by atoms with Crippen molar-refractivity contribution in [2.75, 3.05) is 7.11 Å². The highest BCUT2D eigenvalue weighted by molar-refractivity contribution is 5.17. The smallest absolute Gasteiger partial charge is 0.175 e. The van der Waals surface area contributed by atoms with Gasteiger partial charge in [0.15, 0.2) is 6.23 Å². The largest absolute Gasteiger partial charge is 0.355 e. The predicted octanol–water partition coefficient (Wildman–Crippen LogP) is 2.08. The highest BCUT2D eigenvalue weighted by Crippen LogP contribution is 2.16. The zero-order valence-corrected chi connectivity index (χ0v) is 8.00. The molecule has 0 aliphatic carbocycles. The van der Waals surface area contributed by atoms with Crippen LogP contribution in [0.1, 0.15) is 11.8 Å².